The molecule has 0 spiro atoms. The summed E-state index contributed by atoms with van der Waals surface area (Å²) in [5.41, 5.74) is 1.98. The molecule has 2 aromatic carbocycles. The number of nitrogens with zero attached hydrogens (tertiary/aromatic N) is 1. The number of benzene rings is 2. The lowest BCUT2D eigenvalue weighted by Gasteiger charge is -2.18. The smallest absolute Gasteiger partial charge is 0.254 e. The summed E-state index contributed by atoms with van der Waals surface area (Å²) in [5, 5.41) is 0.656. The van der Waals surface area contributed by atoms with E-state index >= 15 is 0 Å². The molecule has 1 atom stereocenters. The first kappa shape index (κ1) is 16.6. The van der Waals surface area contributed by atoms with Gasteiger partial charge >= 0.3 is 0 Å². The number of amides is 1. The fraction of sp³-hybridized carbons (Fsp3) is 0.278. The van der Waals surface area contributed by atoms with Crippen LogP contribution in [-0.2, 0) is 0 Å². The van der Waals surface area contributed by atoms with E-state index in [1.165, 1.54) is 5.56 Å². The quantitative estimate of drug-likeness (QED) is 0.653. The Bertz CT molecular complexity index is 717. The maximum atomic E-state index is 12.7. The molecule has 3 rings (SSSR count). The molecule has 2 aromatic rings. The van der Waals surface area contributed by atoms with Gasteiger partial charge in [-0.2, -0.15) is 0 Å². The van der Waals surface area contributed by atoms with E-state index in [1.807, 2.05) is 29.2 Å². The first-order valence-electron chi connectivity index (χ1n) is 7.47. The van der Waals surface area contributed by atoms with Crippen molar-refractivity contribution in [3.05, 3.63) is 62.2 Å². The van der Waals surface area contributed by atoms with E-state index in [1.54, 1.807) is 13.2 Å². The van der Waals surface area contributed by atoms with Gasteiger partial charge in [-0.1, -0.05) is 23.7 Å². The van der Waals surface area contributed by atoms with E-state index in [0.29, 0.717) is 10.9 Å². The van der Waals surface area contributed by atoms with Crippen LogP contribution in [0, 0.1) is 3.57 Å². The summed E-state index contributed by atoms with van der Waals surface area (Å²) in [6.07, 6.45) is 0.988. The molecule has 0 saturated carbocycles. The van der Waals surface area contributed by atoms with Crippen molar-refractivity contribution in [2.24, 2.45) is 0 Å². The van der Waals surface area contributed by atoms with Crippen LogP contribution < -0.4 is 4.74 Å². The predicted molar refractivity (Wildman–Crippen MR) is 100 cm³/mol. The molecule has 120 valence electrons. The number of carbonyl (C=O) groups is 1. The second kappa shape index (κ2) is 7.09. The van der Waals surface area contributed by atoms with E-state index in [9.17, 15) is 4.79 Å². The minimum absolute atomic E-state index is 0.0853. The molecule has 1 heterocycles. The average Bonchev–Trinajstić information content (AvgIpc) is 3.04. The summed E-state index contributed by atoms with van der Waals surface area (Å²) >= 11 is 8.14. The third kappa shape index (κ3) is 3.63. The lowest BCUT2D eigenvalue weighted by atomic mass is 9.98. The van der Waals surface area contributed by atoms with Crippen LogP contribution in [0.4, 0.5) is 0 Å². The predicted octanol–water partition coefficient (Wildman–Crippen LogP) is 4.58. The molecule has 1 aliphatic heterocycles. The normalized spacial score (nSPS) is 17.3. The van der Waals surface area contributed by atoms with E-state index in [0.717, 1.165) is 34.4 Å². The van der Waals surface area contributed by atoms with Crippen molar-refractivity contribution in [2.45, 2.75) is 12.3 Å². The summed E-state index contributed by atoms with van der Waals surface area (Å²) in [5.74, 6) is 1.33. The largest absolute Gasteiger partial charge is 0.497 e. The summed E-state index contributed by atoms with van der Waals surface area (Å²) < 4.78 is 6.09. The summed E-state index contributed by atoms with van der Waals surface area (Å²) in [7, 11) is 1.67. The Morgan fingerprint density at radius 2 is 2.00 bits per heavy atom. The molecule has 5 heteroatoms. The van der Waals surface area contributed by atoms with Crippen molar-refractivity contribution in [3.63, 3.8) is 0 Å². The Labute approximate surface area is 154 Å². The second-order valence-electron chi connectivity index (χ2n) is 5.63. The number of likely N-dealkylation sites (tertiary alicyclic amines) is 1. The Balaban J connectivity index is 1.72. The summed E-state index contributed by atoms with van der Waals surface area (Å²) in [6, 6.07) is 13.5. The maximum absolute atomic E-state index is 12.7. The lowest BCUT2D eigenvalue weighted by molar-refractivity contribution is 0.0790. The molecule has 23 heavy (non-hydrogen) atoms. The fourth-order valence-corrected chi connectivity index (χ4v) is 4.03. The molecule has 0 radical (unpaired) electrons. The minimum Gasteiger partial charge on any atom is -0.497 e. The van der Waals surface area contributed by atoms with Crippen LogP contribution >= 0.6 is 34.2 Å². The van der Waals surface area contributed by atoms with E-state index in [4.69, 9.17) is 16.3 Å². The molecule has 1 fully saturated rings. The zero-order valence-electron chi connectivity index (χ0n) is 12.8. The Morgan fingerprint density at radius 1 is 1.26 bits per heavy atom. The van der Waals surface area contributed by atoms with Crippen LogP contribution in [0.5, 0.6) is 5.75 Å². The lowest BCUT2D eigenvalue weighted by Crippen LogP contribution is -2.29. The van der Waals surface area contributed by atoms with Gasteiger partial charge in [0, 0.05) is 27.6 Å². The van der Waals surface area contributed by atoms with Gasteiger partial charge in [0.2, 0.25) is 0 Å². The van der Waals surface area contributed by atoms with Crippen LogP contribution in [-0.4, -0.2) is 31.0 Å². The number of halogens is 2. The highest BCUT2D eigenvalue weighted by Crippen LogP contribution is 2.30. The first-order valence-corrected chi connectivity index (χ1v) is 8.92. The van der Waals surface area contributed by atoms with Crippen molar-refractivity contribution in [2.75, 3.05) is 20.2 Å². The molecular weight excluding hydrogens is 425 g/mol. The highest BCUT2D eigenvalue weighted by atomic mass is 127. The molecule has 3 nitrogen and oxygen atoms in total. The maximum Gasteiger partial charge on any atom is 0.254 e. The van der Waals surface area contributed by atoms with Crippen LogP contribution in [0.15, 0.2) is 42.5 Å². The average molecular weight is 442 g/mol. The molecule has 1 aliphatic rings. The van der Waals surface area contributed by atoms with E-state index in [2.05, 4.69) is 34.7 Å². The molecule has 1 saturated heterocycles. The second-order valence-corrected chi connectivity index (χ2v) is 7.23. The zero-order valence-corrected chi connectivity index (χ0v) is 15.7. The zero-order chi connectivity index (χ0) is 16.4. The first-order chi connectivity index (χ1) is 11.1. The summed E-state index contributed by atoms with van der Waals surface area (Å²) in [4.78, 5) is 14.6. The van der Waals surface area contributed by atoms with E-state index in [-0.39, 0.29) is 5.91 Å². The SMILES string of the molecule is COc1ccc(C2CCN(C(=O)c3ccc(Cl)cc3I)C2)cc1. The van der Waals surface area contributed by atoms with Crippen LogP contribution in [0.1, 0.15) is 28.3 Å². The van der Waals surface area contributed by atoms with Gasteiger partial charge in [0.05, 0.1) is 12.7 Å². The van der Waals surface area contributed by atoms with E-state index < -0.39 is 0 Å². The van der Waals surface area contributed by atoms with Crippen molar-refractivity contribution in [1.29, 1.82) is 0 Å². The highest BCUT2D eigenvalue weighted by Gasteiger charge is 2.28. The molecule has 0 aliphatic carbocycles. The van der Waals surface area contributed by atoms with Gasteiger partial charge in [-0.25, -0.2) is 0 Å². The Hall–Kier alpha value is -1.27. The van der Waals surface area contributed by atoms with Crippen LogP contribution in [0.2, 0.25) is 5.02 Å². The fourth-order valence-electron chi connectivity index (χ4n) is 2.93. The Kier molecular flexibility index (Phi) is 5.11. The summed E-state index contributed by atoms with van der Waals surface area (Å²) in [6.45, 7) is 1.54. The number of hydrogen-bond donors (Lipinski definition) is 0. The topological polar surface area (TPSA) is 29.5 Å². The van der Waals surface area contributed by atoms with Gasteiger partial charge < -0.3 is 9.64 Å². The molecule has 0 N–H and O–H groups in total. The van der Waals surface area contributed by atoms with Crippen molar-refractivity contribution in [1.82, 2.24) is 4.90 Å². The van der Waals surface area contributed by atoms with Gasteiger partial charge in [0.15, 0.2) is 0 Å². The molecular formula is C18H17ClINO2. The number of methoxy groups -OCH3 is 1. The molecule has 1 unspecified atom stereocenters. The third-order valence-electron chi connectivity index (χ3n) is 4.22. The van der Waals surface area contributed by atoms with Crippen molar-refractivity contribution >= 4 is 40.1 Å². The van der Waals surface area contributed by atoms with Crippen molar-refractivity contribution in [3.8, 4) is 5.75 Å². The highest BCUT2D eigenvalue weighted by molar-refractivity contribution is 14.1. The third-order valence-corrected chi connectivity index (χ3v) is 5.35. The number of carbonyl (C=O) groups excluding carboxylic acids is 1. The van der Waals surface area contributed by atoms with Gasteiger partial charge in [-0.3, -0.25) is 4.79 Å². The Morgan fingerprint density at radius 3 is 2.65 bits per heavy atom. The van der Waals surface area contributed by atoms with Crippen LogP contribution in [0.3, 0.4) is 0 Å². The van der Waals surface area contributed by atoms with Gasteiger partial charge in [-0.15, -0.1) is 0 Å². The molecule has 1 amide bonds. The standard InChI is InChI=1S/C18H17ClINO2/c1-23-15-5-2-12(3-6-15)13-8-9-21(11-13)18(22)16-7-4-14(19)10-17(16)20/h2-7,10,13H,8-9,11H2,1H3. The monoisotopic (exact) mass is 441 g/mol. The number of rotatable bonds is 3. The van der Waals surface area contributed by atoms with Gasteiger partial charge in [0.25, 0.3) is 5.91 Å². The number of ether oxygens (including phenoxy) is 1. The number of hydrogen-bond acceptors (Lipinski definition) is 2. The molecule has 0 aromatic heterocycles. The van der Waals surface area contributed by atoms with Gasteiger partial charge in [0.1, 0.15) is 5.75 Å². The molecule has 0 bridgehead atoms. The van der Waals surface area contributed by atoms with Gasteiger partial charge in [-0.05, 0) is 64.9 Å². The minimum atomic E-state index is 0.0853. The van der Waals surface area contributed by atoms with Crippen LogP contribution in [0.25, 0.3) is 0 Å². The van der Waals surface area contributed by atoms with Crippen molar-refractivity contribution < 1.29 is 9.53 Å².